The van der Waals surface area contributed by atoms with Gasteiger partial charge in [-0.25, -0.2) is 4.79 Å². The first-order valence-electron chi connectivity index (χ1n) is 10.3. The summed E-state index contributed by atoms with van der Waals surface area (Å²) in [5.41, 5.74) is 1.21. The second kappa shape index (κ2) is 9.88. The quantitative estimate of drug-likeness (QED) is 0.507. The number of carboxylic acids is 1. The summed E-state index contributed by atoms with van der Waals surface area (Å²) in [5, 5.41) is 12.6. The van der Waals surface area contributed by atoms with Crippen molar-refractivity contribution in [3.63, 3.8) is 0 Å². The van der Waals surface area contributed by atoms with E-state index in [-0.39, 0.29) is 5.91 Å². The molecule has 0 fully saturated rings. The lowest BCUT2D eigenvalue weighted by Crippen LogP contribution is -2.51. The molecule has 0 bridgehead atoms. The van der Waals surface area contributed by atoms with Crippen molar-refractivity contribution in [2.24, 2.45) is 0 Å². The molecule has 4 heteroatoms. The lowest BCUT2D eigenvalue weighted by molar-refractivity contribution is -0.142. The molecule has 3 aromatic rings. The lowest BCUT2D eigenvalue weighted by atomic mass is 9.68. The average molecular weight is 402 g/mol. The third-order valence-corrected chi connectivity index (χ3v) is 5.41. The largest absolute Gasteiger partial charge is 0.480 e. The van der Waals surface area contributed by atoms with Crippen LogP contribution in [0.4, 0.5) is 0 Å². The van der Waals surface area contributed by atoms with Gasteiger partial charge in [0.05, 0.1) is 0 Å². The Morgan fingerprint density at radius 3 is 1.53 bits per heavy atom. The van der Waals surface area contributed by atoms with E-state index < -0.39 is 17.4 Å². The van der Waals surface area contributed by atoms with Crippen LogP contribution in [0.5, 0.6) is 0 Å². The highest BCUT2D eigenvalue weighted by atomic mass is 16.4. The minimum atomic E-state index is -1.16. The van der Waals surface area contributed by atoms with Crippen molar-refractivity contribution >= 4 is 11.9 Å². The molecule has 0 heterocycles. The van der Waals surface area contributed by atoms with Crippen LogP contribution in [-0.4, -0.2) is 23.0 Å². The molecule has 0 aliphatic rings. The number of unbranched alkanes of at least 4 members (excludes halogenated alkanes) is 1. The molecule has 3 rings (SSSR count). The summed E-state index contributed by atoms with van der Waals surface area (Å²) < 4.78 is 0. The second-order valence-electron chi connectivity index (χ2n) is 7.35. The van der Waals surface area contributed by atoms with E-state index in [0.717, 1.165) is 29.5 Å². The van der Waals surface area contributed by atoms with Gasteiger partial charge in [-0.15, -0.1) is 0 Å². The van der Waals surface area contributed by atoms with Gasteiger partial charge in [-0.1, -0.05) is 111 Å². The number of carbonyl (C=O) groups is 2. The Morgan fingerprint density at radius 2 is 1.20 bits per heavy atom. The van der Waals surface area contributed by atoms with Gasteiger partial charge in [0, 0.05) is 0 Å². The molecule has 154 valence electrons. The lowest BCUT2D eigenvalue weighted by Gasteiger charge is -2.35. The van der Waals surface area contributed by atoms with Gasteiger partial charge in [-0.3, -0.25) is 4.79 Å². The van der Waals surface area contributed by atoms with Crippen molar-refractivity contribution in [1.82, 2.24) is 5.32 Å². The van der Waals surface area contributed by atoms with E-state index in [2.05, 4.69) is 5.32 Å². The molecule has 0 saturated carbocycles. The van der Waals surface area contributed by atoms with Crippen LogP contribution in [0.25, 0.3) is 0 Å². The van der Waals surface area contributed by atoms with Crippen LogP contribution >= 0.6 is 0 Å². The van der Waals surface area contributed by atoms with Crippen LogP contribution in [0.15, 0.2) is 91.0 Å². The molecule has 0 aliphatic heterocycles. The van der Waals surface area contributed by atoms with Crippen LogP contribution in [0.1, 0.15) is 42.9 Å². The fraction of sp³-hybridized carbons (Fsp3) is 0.231. The van der Waals surface area contributed by atoms with Gasteiger partial charge in [0.15, 0.2) is 0 Å². The zero-order valence-corrected chi connectivity index (χ0v) is 17.1. The maximum atomic E-state index is 14.0. The second-order valence-corrected chi connectivity index (χ2v) is 7.35. The van der Waals surface area contributed by atoms with Gasteiger partial charge in [-0.2, -0.15) is 0 Å². The molecule has 30 heavy (non-hydrogen) atoms. The number of benzene rings is 3. The molecule has 0 spiro atoms. The maximum absolute atomic E-state index is 14.0. The highest BCUT2D eigenvalue weighted by Gasteiger charge is 2.44. The average Bonchev–Trinajstić information content (AvgIpc) is 2.79. The monoisotopic (exact) mass is 401 g/mol. The maximum Gasteiger partial charge on any atom is 0.326 e. The van der Waals surface area contributed by atoms with Crippen molar-refractivity contribution in [2.75, 3.05) is 0 Å². The first-order valence-corrected chi connectivity index (χ1v) is 10.3. The Bertz CT molecular complexity index is 859. The molecule has 0 radical (unpaired) electrons. The molecule has 1 amide bonds. The number of hydrogen-bond acceptors (Lipinski definition) is 2. The summed E-state index contributed by atoms with van der Waals surface area (Å²) in [7, 11) is 0. The molecule has 1 atom stereocenters. The first kappa shape index (κ1) is 21.3. The zero-order chi connectivity index (χ0) is 21.4. The first-order chi connectivity index (χ1) is 14.6. The van der Waals surface area contributed by atoms with Gasteiger partial charge in [0.25, 0.3) is 0 Å². The van der Waals surface area contributed by atoms with Gasteiger partial charge < -0.3 is 10.4 Å². The standard InChI is InChI=1S/C26H27NO3/c1-2-3-19-23(24(28)29)27-25(30)26(20-13-7-4-8-14-20,21-15-9-5-10-16-21)22-17-11-6-12-18-22/h4-18,23H,2-3,19H2,1H3,(H,27,30)(H,28,29)/t23-/m1/s1. The molecule has 2 N–H and O–H groups in total. The van der Waals surface area contributed by atoms with Crippen LogP contribution in [0.3, 0.4) is 0 Å². The fourth-order valence-electron chi connectivity index (χ4n) is 3.89. The van der Waals surface area contributed by atoms with Gasteiger partial charge in [0.1, 0.15) is 11.5 Å². The van der Waals surface area contributed by atoms with E-state index in [4.69, 9.17) is 0 Å². The summed E-state index contributed by atoms with van der Waals surface area (Å²) in [4.78, 5) is 25.8. The third-order valence-electron chi connectivity index (χ3n) is 5.41. The zero-order valence-electron chi connectivity index (χ0n) is 17.1. The summed E-state index contributed by atoms with van der Waals surface area (Å²) in [6.07, 6.45) is 1.99. The number of carbonyl (C=O) groups excluding carboxylic acids is 1. The summed E-state index contributed by atoms with van der Waals surface area (Å²) in [5.74, 6) is -1.35. The number of hydrogen-bond donors (Lipinski definition) is 2. The Morgan fingerprint density at radius 1 is 0.800 bits per heavy atom. The number of aliphatic carboxylic acids is 1. The van der Waals surface area contributed by atoms with E-state index in [1.165, 1.54) is 0 Å². The number of rotatable bonds is 9. The van der Waals surface area contributed by atoms with Crippen molar-refractivity contribution < 1.29 is 14.7 Å². The predicted octanol–water partition coefficient (Wildman–Crippen LogP) is 4.78. The summed E-state index contributed by atoms with van der Waals surface area (Å²) in [6.45, 7) is 2.00. The summed E-state index contributed by atoms with van der Waals surface area (Å²) in [6, 6.07) is 27.7. The van der Waals surface area contributed by atoms with Crippen molar-refractivity contribution in [3.8, 4) is 0 Å². The number of carboxylic acid groups (broad SMARTS) is 1. The van der Waals surface area contributed by atoms with E-state index in [9.17, 15) is 14.7 Å². The van der Waals surface area contributed by atoms with Gasteiger partial charge in [-0.05, 0) is 23.1 Å². The summed E-state index contributed by atoms with van der Waals surface area (Å²) >= 11 is 0. The Kier molecular flexibility index (Phi) is 7.02. The van der Waals surface area contributed by atoms with Crippen molar-refractivity contribution in [1.29, 1.82) is 0 Å². The third kappa shape index (κ3) is 4.28. The molecular weight excluding hydrogens is 374 g/mol. The van der Waals surface area contributed by atoms with Gasteiger partial charge in [0.2, 0.25) is 5.91 Å². The molecule has 3 aromatic carbocycles. The minimum Gasteiger partial charge on any atom is -0.480 e. The molecule has 0 saturated heterocycles. The van der Waals surface area contributed by atoms with Crippen LogP contribution in [0.2, 0.25) is 0 Å². The Hall–Kier alpha value is -3.40. The van der Waals surface area contributed by atoms with Crippen molar-refractivity contribution in [2.45, 2.75) is 37.6 Å². The smallest absolute Gasteiger partial charge is 0.326 e. The molecule has 0 aromatic heterocycles. The van der Waals surface area contributed by atoms with Crippen LogP contribution < -0.4 is 5.32 Å². The minimum absolute atomic E-state index is 0.338. The molecular formula is C26H27NO3. The van der Waals surface area contributed by atoms with Crippen molar-refractivity contribution in [3.05, 3.63) is 108 Å². The SMILES string of the molecule is CCCC[C@@H](NC(=O)C(c1ccccc1)(c1ccccc1)c1ccccc1)C(=O)O. The molecule has 4 nitrogen and oxygen atoms in total. The predicted molar refractivity (Wildman–Crippen MR) is 118 cm³/mol. The van der Waals surface area contributed by atoms with E-state index >= 15 is 0 Å². The highest BCUT2D eigenvalue weighted by Crippen LogP contribution is 2.39. The Balaban J connectivity index is 2.20. The van der Waals surface area contributed by atoms with Crippen LogP contribution in [-0.2, 0) is 15.0 Å². The number of amides is 1. The van der Waals surface area contributed by atoms with E-state index in [0.29, 0.717) is 6.42 Å². The van der Waals surface area contributed by atoms with Gasteiger partial charge >= 0.3 is 5.97 Å². The normalized spacial score (nSPS) is 12.2. The topological polar surface area (TPSA) is 66.4 Å². The van der Waals surface area contributed by atoms with E-state index in [1.54, 1.807) is 0 Å². The Labute approximate surface area is 177 Å². The number of nitrogens with one attached hydrogen (secondary N) is 1. The highest BCUT2D eigenvalue weighted by molar-refractivity contribution is 5.98. The van der Waals surface area contributed by atoms with E-state index in [1.807, 2.05) is 97.9 Å². The molecule has 0 unspecified atom stereocenters. The molecule has 0 aliphatic carbocycles. The fourth-order valence-corrected chi connectivity index (χ4v) is 3.89. The van der Waals surface area contributed by atoms with Crippen LogP contribution in [0, 0.1) is 0 Å².